The van der Waals surface area contributed by atoms with E-state index in [0.29, 0.717) is 11.5 Å². The first-order valence-corrected chi connectivity index (χ1v) is 16.7. The van der Waals surface area contributed by atoms with E-state index < -0.39 is 0 Å². The second-order valence-corrected chi connectivity index (χ2v) is 12.4. The van der Waals surface area contributed by atoms with Crippen LogP contribution in [-0.4, -0.2) is 19.3 Å². The predicted octanol–water partition coefficient (Wildman–Crippen LogP) is 10.4. The van der Waals surface area contributed by atoms with Gasteiger partial charge in [0, 0.05) is 34.5 Å². The van der Waals surface area contributed by atoms with Gasteiger partial charge in [0.2, 0.25) is 0 Å². The average molecular weight is 723 g/mol. The number of rotatable bonds is 9. The van der Waals surface area contributed by atoms with E-state index in [4.69, 9.17) is 14.8 Å². The van der Waals surface area contributed by atoms with Crippen molar-refractivity contribution in [2.24, 2.45) is 0 Å². The van der Waals surface area contributed by atoms with E-state index in [1.165, 1.54) is 33.5 Å². The van der Waals surface area contributed by atoms with Crippen LogP contribution < -0.4 is 4.74 Å². The Morgan fingerprint density at radius 3 is 2.27 bits per heavy atom. The summed E-state index contributed by atoms with van der Waals surface area (Å²) in [6, 6.07) is 34.7. The number of hydrogen-bond donors (Lipinski definition) is 0. The maximum atomic E-state index is 6.62. The molecule has 244 valence electrons. The molecule has 0 saturated heterocycles. The second-order valence-electron chi connectivity index (χ2n) is 12.4. The first-order valence-electron chi connectivity index (χ1n) is 16.7. The molecule has 6 heteroatoms. The zero-order chi connectivity index (χ0) is 32.7. The molecule has 0 fully saturated rings. The van der Waals surface area contributed by atoms with Crippen molar-refractivity contribution in [1.82, 2.24) is 19.3 Å². The fraction of sp³-hybridized carbons (Fsp3) is 0.238. The summed E-state index contributed by atoms with van der Waals surface area (Å²) in [5.41, 5.74) is 12.6. The van der Waals surface area contributed by atoms with Gasteiger partial charge < -0.3 is 9.30 Å². The number of ether oxygens (including phenoxy) is 1. The van der Waals surface area contributed by atoms with Gasteiger partial charge in [-0.2, -0.15) is 16.7 Å². The van der Waals surface area contributed by atoms with Gasteiger partial charge in [-0.3, -0.25) is 4.68 Å². The van der Waals surface area contributed by atoms with E-state index in [-0.39, 0.29) is 20.4 Å². The van der Waals surface area contributed by atoms with Crippen LogP contribution in [0.15, 0.2) is 85.1 Å². The second kappa shape index (κ2) is 13.9. The molecule has 7 aromatic rings. The molecule has 0 saturated carbocycles. The van der Waals surface area contributed by atoms with Gasteiger partial charge in [-0.25, -0.2) is 4.98 Å². The third kappa shape index (κ3) is 6.00. The molecule has 0 unspecified atom stereocenters. The van der Waals surface area contributed by atoms with Crippen molar-refractivity contribution in [3.05, 3.63) is 131 Å². The smallest absolute Gasteiger partial charge is 0.509 e. The number of nitrogens with zero attached hydrogens (tertiary/aromatic N) is 4. The SMILES string of the molecule is CCCc1cc(Oc2[c-]c3c(cc2)c2ccccc2n3-c2cc(C)ccn2)[c-]c(-n2nc(CC)c(-c3c(C)cccc3C)c2CC)c1.[Pd+2]. The van der Waals surface area contributed by atoms with E-state index in [2.05, 4.69) is 130 Å². The Labute approximate surface area is 297 Å². The van der Waals surface area contributed by atoms with Crippen LogP contribution >= 0.6 is 0 Å². The van der Waals surface area contributed by atoms with Crippen molar-refractivity contribution >= 4 is 21.8 Å². The predicted molar refractivity (Wildman–Crippen MR) is 192 cm³/mol. The van der Waals surface area contributed by atoms with E-state index in [0.717, 1.165) is 70.3 Å². The van der Waals surface area contributed by atoms with Crippen LogP contribution in [0.4, 0.5) is 0 Å². The Bertz CT molecular complexity index is 2240. The zero-order valence-corrected chi connectivity index (χ0v) is 30.0. The molecule has 0 atom stereocenters. The molecule has 3 aromatic heterocycles. The summed E-state index contributed by atoms with van der Waals surface area (Å²) in [4.78, 5) is 4.72. The van der Waals surface area contributed by atoms with Crippen LogP contribution in [-0.2, 0) is 39.7 Å². The minimum Gasteiger partial charge on any atom is -0.509 e. The van der Waals surface area contributed by atoms with Gasteiger partial charge in [-0.1, -0.05) is 75.5 Å². The van der Waals surface area contributed by atoms with Gasteiger partial charge >= 0.3 is 20.4 Å². The van der Waals surface area contributed by atoms with Gasteiger partial charge in [0.1, 0.15) is 5.82 Å². The van der Waals surface area contributed by atoms with Gasteiger partial charge in [0.15, 0.2) is 0 Å². The summed E-state index contributed by atoms with van der Waals surface area (Å²) < 4.78 is 10.9. The van der Waals surface area contributed by atoms with Crippen molar-refractivity contribution in [1.29, 1.82) is 0 Å². The third-order valence-corrected chi connectivity index (χ3v) is 9.02. The van der Waals surface area contributed by atoms with Crippen molar-refractivity contribution in [3.8, 4) is 34.1 Å². The maximum absolute atomic E-state index is 6.62. The fourth-order valence-electron chi connectivity index (χ4n) is 6.89. The van der Waals surface area contributed by atoms with Crippen molar-refractivity contribution < 1.29 is 25.2 Å². The summed E-state index contributed by atoms with van der Waals surface area (Å²) in [5.74, 6) is 2.15. The Balaban J connectivity index is 0.00000401. The quantitative estimate of drug-likeness (QED) is 0.110. The Kier molecular flexibility index (Phi) is 9.69. The average Bonchev–Trinajstić information content (AvgIpc) is 3.60. The molecule has 3 heterocycles. The molecule has 0 bridgehead atoms. The molecular weight excluding hydrogens is 683 g/mol. The number of benzene rings is 4. The number of hydrogen-bond acceptors (Lipinski definition) is 3. The van der Waals surface area contributed by atoms with Crippen LogP contribution in [0.3, 0.4) is 0 Å². The van der Waals surface area contributed by atoms with Gasteiger partial charge in [0.25, 0.3) is 0 Å². The molecule has 7 rings (SSSR count). The molecule has 0 amide bonds. The first kappa shape index (κ1) is 33.4. The van der Waals surface area contributed by atoms with Gasteiger partial charge in [-0.05, 0) is 85.1 Å². The number of aryl methyl sites for hydroxylation is 5. The fourth-order valence-corrected chi connectivity index (χ4v) is 6.89. The van der Waals surface area contributed by atoms with E-state index in [1.54, 1.807) is 0 Å². The number of aromatic nitrogens is 4. The molecule has 0 aliphatic heterocycles. The minimum atomic E-state index is 0. The first-order chi connectivity index (χ1) is 22.9. The van der Waals surface area contributed by atoms with E-state index in [9.17, 15) is 0 Å². The standard InChI is InChI=1S/C42H40N4O.Pd/c1-7-13-30-23-31(46-37(9-3)42(36(8-2)44-46)41-28(5)14-12-15-29(41)6)25-33(24-30)47-32-18-19-35-34-16-10-11-17-38(34)45(39(35)26-32)40-22-27(4)20-21-43-40;/h10-12,14-24H,7-9,13H2,1-6H3;/q-2;+2. The molecule has 4 aromatic carbocycles. The normalized spacial score (nSPS) is 11.3. The van der Waals surface area contributed by atoms with Crippen LogP contribution in [0, 0.1) is 32.9 Å². The summed E-state index contributed by atoms with van der Waals surface area (Å²) in [7, 11) is 0. The Morgan fingerprint density at radius 2 is 1.54 bits per heavy atom. The topological polar surface area (TPSA) is 44.9 Å². The van der Waals surface area contributed by atoms with Crippen LogP contribution in [0.25, 0.3) is 44.4 Å². The molecule has 0 aliphatic carbocycles. The van der Waals surface area contributed by atoms with Crippen LogP contribution in [0.5, 0.6) is 11.5 Å². The number of pyridine rings is 1. The molecule has 48 heavy (non-hydrogen) atoms. The van der Waals surface area contributed by atoms with E-state index >= 15 is 0 Å². The molecule has 0 aliphatic rings. The molecule has 0 radical (unpaired) electrons. The van der Waals surface area contributed by atoms with Crippen molar-refractivity contribution in [3.63, 3.8) is 0 Å². The number of fused-ring (bicyclic) bond motifs is 3. The Morgan fingerprint density at radius 1 is 0.750 bits per heavy atom. The summed E-state index contributed by atoms with van der Waals surface area (Å²) >= 11 is 0. The zero-order valence-electron chi connectivity index (χ0n) is 28.4. The van der Waals surface area contributed by atoms with Crippen LogP contribution in [0.2, 0.25) is 0 Å². The van der Waals surface area contributed by atoms with Crippen LogP contribution in [0.1, 0.15) is 60.8 Å². The van der Waals surface area contributed by atoms with E-state index in [1.807, 2.05) is 18.3 Å². The van der Waals surface area contributed by atoms with Gasteiger partial charge in [0.05, 0.1) is 5.69 Å². The third-order valence-electron chi connectivity index (χ3n) is 9.02. The molecule has 5 nitrogen and oxygen atoms in total. The summed E-state index contributed by atoms with van der Waals surface area (Å²) in [5, 5.41) is 7.47. The largest absolute Gasteiger partial charge is 2.00 e. The summed E-state index contributed by atoms with van der Waals surface area (Å²) in [6.07, 6.45) is 5.51. The molecule has 0 N–H and O–H groups in total. The molecular formula is C42H40N4OPd. The number of para-hydroxylation sites is 1. The minimum absolute atomic E-state index is 0. The van der Waals surface area contributed by atoms with Crippen molar-refractivity contribution in [2.75, 3.05) is 0 Å². The summed E-state index contributed by atoms with van der Waals surface area (Å²) in [6.45, 7) is 13.1. The Hall–Kier alpha value is -4.50. The monoisotopic (exact) mass is 722 g/mol. The van der Waals surface area contributed by atoms with Gasteiger partial charge in [-0.15, -0.1) is 35.7 Å². The van der Waals surface area contributed by atoms with Crippen molar-refractivity contribution in [2.45, 2.75) is 67.2 Å². The maximum Gasteiger partial charge on any atom is 2.00 e. The molecule has 0 spiro atoms.